The Bertz CT molecular complexity index is 285. The van der Waals surface area contributed by atoms with Gasteiger partial charge in [-0.15, -0.1) is 6.58 Å². The fourth-order valence-corrected chi connectivity index (χ4v) is 3.02. The van der Waals surface area contributed by atoms with Gasteiger partial charge >= 0.3 is 5.97 Å². The van der Waals surface area contributed by atoms with Crippen molar-refractivity contribution >= 4 is 5.97 Å². The van der Waals surface area contributed by atoms with Crippen molar-refractivity contribution in [3.8, 4) is 0 Å². The zero-order valence-electron chi connectivity index (χ0n) is 11.1. The van der Waals surface area contributed by atoms with Gasteiger partial charge in [0.05, 0.1) is 6.61 Å². The first-order valence-corrected chi connectivity index (χ1v) is 6.42. The third-order valence-corrected chi connectivity index (χ3v) is 3.85. The number of rotatable bonds is 5. The molecule has 0 aromatic carbocycles. The summed E-state index contributed by atoms with van der Waals surface area (Å²) in [5, 5.41) is 9.59. The van der Waals surface area contributed by atoms with Gasteiger partial charge in [0.1, 0.15) is 0 Å². The van der Waals surface area contributed by atoms with E-state index in [1.807, 2.05) is 0 Å². The molecule has 0 heterocycles. The van der Waals surface area contributed by atoms with Gasteiger partial charge in [-0.05, 0) is 24.7 Å². The van der Waals surface area contributed by atoms with Crippen molar-refractivity contribution in [1.29, 1.82) is 0 Å². The van der Waals surface area contributed by atoms with Gasteiger partial charge in [-0.3, -0.25) is 0 Å². The van der Waals surface area contributed by atoms with Crippen LogP contribution in [0.15, 0.2) is 12.7 Å². The molecule has 1 aliphatic rings. The average Bonchev–Trinajstić information content (AvgIpc) is 2.25. The molecule has 3 heteroatoms. The van der Waals surface area contributed by atoms with Crippen LogP contribution in [-0.4, -0.2) is 23.3 Å². The van der Waals surface area contributed by atoms with E-state index in [1.54, 1.807) is 6.08 Å². The smallest absolute Gasteiger partial charge is 0.336 e. The SMILES string of the molecule is C=CCOC1(C(=O)O)CC(C)CCC1C(C)C. The van der Waals surface area contributed by atoms with E-state index in [9.17, 15) is 9.90 Å². The molecule has 0 bridgehead atoms. The minimum Gasteiger partial charge on any atom is -0.479 e. The predicted octanol–water partition coefficient (Wildman–Crippen LogP) is 3.10. The van der Waals surface area contributed by atoms with E-state index in [1.165, 1.54) is 0 Å². The van der Waals surface area contributed by atoms with Gasteiger partial charge in [-0.1, -0.05) is 33.3 Å². The second-order valence-electron chi connectivity index (χ2n) is 5.53. The Morgan fingerprint density at radius 2 is 2.24 bits per heavy atom. The van der Waals surface area contributed by atoms with Crippen molar-refractivity contribution in [3.63, 3.8) is 0 Å². The highest BCUT2D eigenvalue weighted by atomic mass is 16.5. The van der Waals surface area contributed by atoms with Crippen LogP contribution in [0.2, 0.25) is 0 Å². The molecule has 0 amide bonds. The maximum atomic E-state index is 11.7. The fourth-order valence-electron chi connectivity index (χ4n) is 3.02. The Balaban J connectivity index is 3.00. The minimum absolute atomic E-state index is 0.0937. The van der Waals surface area contributed by atoms with Crippen LogP contribution in [0.25, 0.3) is 0 Å². The van der Waals surface area contributed by atoms with E-state index in [0.717, 1.165) is 12.8 Å². The minimum atomic E-state index is -1.01. The Labute approximate surface area is 104 Å². The van der Waals surface area contributed by atoms with E-state index in [0.29, 0.717) is 24.9 Å². The van der Waals surface area contributed by atoms with Gasteiger partial charge in [-0.2, -0.15) is 0 Å². The van der Waals surface area contributed by atoms with Crippen molar-refractivity contribution in [2.24, 2.45) is 17.8 Å². The van der Waals surface area contributed by atoms with Crippen molar-refractivity contribution in [3.05, 3.63) is 12.7 Å². The largest absolute Gasteiger partial charge is 0.479 e. The van der Waals surface area contributed by atoms with Gasteiger partial charge in [0, 0.05) is 5.92 Å². The van der Waals surface area contributed by atoms with Crippen LogP contribution in [0, 0.1) is 17.8 Å². The van der Waals surface area contributed by atoms with Crippen LogP contribution in [0.3, 0.4) is 0 Å². The molecule has 0 aromatic heterocycles. The first-order chi connectivity index (χ1) is 7.94. The van der Waals surface area contributed by atoms with E-state index in [4.69, 9.17) is 4.74 Å². The third-order valence-electron chi connectivity index (χ3n) is 3.85. The molecule has 1 aliphatic carbocycles. The number of carboxylic acid groups (broad SMARTS) is 1. The summed E-state index contributed by atoms with van der Waals surface area (Å²) in [6, 6.07) is 0. The molecule has 1 saturated carbocycles. The van der Waals surface area contributed by atoms with E-state index in [2.05, 4.69) is 27.4 Å². The van der Waals surface area contributed by atoms with E-state index in [-0.39, 0.29) is 5.92 Å². The number of hydrogen-bond donors (Lipinski definition) is 1. The van der Waals surface area contributed by atoms with Gasteiger partial charge in [0.25, 0.3) is 0 Å². The zero-order chi connectivity index (χ0) is 13.1. The Hall–Kier alpha value is -0.830. The molecule has 0 radical (unpaired) electrons. The van der Waals surface area contributed by atoms with Crippen molar-refractivity contribution in [2.45, 2.75) is 45.6 Å². The van der Waals surface area contributed by atoms with Crippen LogP contribution < -0.4 is 0 Å². The summed E-state index contributed by atoms with van der Waals surface area (Å²) in [5.74, 6) is 0.00933. The average molecular weight is 240 g/mol. The Kier molecular flexibility index (Phi) is 4.75. The summed E-state index contributed by atoms with van der Waals surface area (Å²) in [5.41, 5.74) is -1.01. The number of hydrogen-bond acceptors (Lipinski definition) is 2. The summed E-state index contributed by atoms with van der Waals surface area (Å²) < 4.78 is 5.71. The normalized spacial score (nSPS) is 33.6. The lowest BCUT2D eigenvalue weighted by atomic mass is 9.67. The number of carbonyl (C=O) groups is 1. The molecular weight excluding hydrogens is 216 g/mol. The van der Waals surface area contributed by atoms with Crippen molar-refractivity contribution in [2.75, 3.05) is 6.61 Å². The van der Waals surface area contributed by atoms with Crippen LogP contribution in [-0.2, 0) is 9.53 Å². The molecule has 0 aromatic rings. The topological polar surface area (TPSA) is 46.5 Å². The molecule has 0 saturated heterocycles. The highest BCUT2D eigenvalue weighted by Gasteiger charge is 2.51. The lowest BCUT2D eigenvalue weighted by Gasteiger charge is -2.44. The molecule has 1 fully saturated rings. The predicted molar refractivity (Wildman–Crippen MR) is 67.9 cm³/mol. The number of aliphatic carboxylic acids is 1. The van der Waals surface area contributed by atoms with Gasteiger partial charge < -0.3 is 9.84 Å². The van der Waals surface area contributed by atoms with Gasteiger partial charge in [0.2, 0.25) is 0 Å². The first-order valence-electron chi connectivity index (χ1n) is 6.42. The number of carboxylic acids is 1. The summed E-state index contributed by atoms with van der Waals surface area (Å²) in [6.07, 6.45) is 4.26. The molecule has 98 valence electrons. The molecular formula is C14H24O3. The molecule has 17 heavy (non-hydrogen) atoms. The fraction of sp³-hybridized carbons (Fsp3) is 0.786. The van der Waals surface area contributed by atoms with Crippen LogP contribution in [0.5, 0.6) is 0 Å². The maximum absolute atomic E-state index is 11.7. The first kappa shape index (κ1) is 14.2. The van der Waals surface area contributed by atoms with Crippen molar-refractivity contribution in [1.82, 2.24) is 0 Å². The molecule has 3 nitrogen and oxygen atoms in total. The summed E-state index contributed by atoms with van der Waals surface area (Å²) >= 11 is 0. The Morgan fingerprint density at radius 1 is 1.59 bits per heavy atom. The lowest BCUT2D eigenvalue weighted by molar-refractivity contribution is -0.185. The molecule has 0 aliphatic heterocycles. The standard InChI is InChI=1S/C14H24O3/c1-5-8-17-14(13(15)16)9-11(4)6-7-12(14)10(2)3/h5,10-12H,1,6-9H2,2-4H3,(H,15,16). The second kappa shape index (κ2) is 5.67. The van der Waals surface area contributed by atoms with E-state index >= 15 is 0 Å². The maximum Gasteiger partial charge on any atom is 0.336 e. The monoisotopic (exact) mass is 240 g/mol. The van der Waals surface area contributed by atoms with Gasteiger partial charge in [-0.25, -0.2) is 4.79 Å². The second-order valence-corrected chi connectivity index (χ2v) is 5.53. The molecule has 1 rings (SSSR count). The van der Waals surface area contributed by atoms with E-state index < -0.39 is 11.6 Å². The Morgan fingerprint density at radius 3 is 2.71 bits per heavy atom. The van der Waals surface area contributed by atoms with Crippen LogP contribution in [0.1, 0.15) is 40.0 Å². The third kappa shape index (κ3) is 2.89. The molecule has 3 atom stereocenters. The summed E-state index contributed by atoms with van der Waals surface area (Å²) in [7, 11) is 0. The highest BCUT2D eigenvalue weighted by Crippen LogP contribution is 2.43. The quantitative estimate of drug-likeness (QED) is 0.751. The summed E-state index contributed by atoms with van der Waals surface area (Å²) in [6.45, 7) is 10.2. The van der Waals surface area contributed by atoms with Crippen LogP contribution in [0.4, 0.5) is 0 Å². The molecule has 0 spiro atoms. The zero-order valence-corrected chi connectivity index (χ0v) is 11.1. The highest BCUT2D eigenvalue weighted by molar-refractivity contribution is 5.78. The van der Waals surface area contributed by atoms with Crippen molar-refractivity contribution < 1.29 is 14.6 Å². The lowest BCUT2D eigenvalue weighted by Crippen LogP contribution is -2.53. The van der Waals surface area contributed by atoms with Gasteiger partial charge in [0.15, 0.2) is 5.60 Å². The number of ether oxygens (including phenoxy) is 1. The van der Waals surface area contributed by atoms with Crippen LogP contribution >= 0.6 is 0 Å². The molecule has 1 N–H and O–H groups in total. The summed E-state index contributed by atoms with van der Waals surface area (Å²) in [4.78, 5) is 11.7. The molecule has 3 unspecified atom stereocenters.